The Balaban J connectivity index is 0.000000861. The molecule has 0 aromatic rings. The first-order chi connectivity index (χ1) is 9.16. The normalized spacial score (nSPS) is 29.7. The van der Waals surface area contributed by atoms with Gasteiger partial charge in [-0.25, -0.2) is 4.79 Å². The number of rotatable bonds is 6. The number of hydrogen-bond donors (Lipinski definition) is 1. The van der Waals surface area contributed by atoms with Crippen molar-refractivity contribution in [1.29, 1.82) is 0 Å². The number of carboxylic acids is 1. The summed E-state index contributed by atoms with van der Waals surface area (Å²) in [6.45, 7) is 9.22. The maximum atomic E-state index is 10.5. The van der Waals surface area contributed by atoms with E-state index in [-0.39, 0.29) is 18.2 Å². The number of aliphatic carboxylic acids is 1. The van der Waals surface area contributed by atoms with E-state index in [4.69, 9.17) is 14.6 Å². The number of nitrogens with zero attached hydrogens (tertiary/aromatic N) is 1. The molecule has 5 heteroatoms. The molecular formula is C14H27NO4. The van der Waals surface area contributed by atoms with Gasteiger partial charge in [-0.1, -0.05) is 13.8 Å². The van der Waals surface area contributed by atoms with Crippen molar-refractivity contribution in [1.82, 2.24) is 4.90 Å². The van der Waals surface area contributed by atoms with Crippen LogP contribution in [0.15, 0.2) is 0 Å². The Labute approximate surface area is 115 Å². The van der Waals surface area contributed by atoms with Gasteiger partial charge in [0, 0.05) is 18.7 Å². The van der Waals surface area contributed by atoms with Crippen molar-refractivity contribution in [2.75, 3.05) is 32.9 Å². The van der Waals surface area contributed by atoms with Crippen molar-refractivity contribution in [2.24, 2.45) is 0 Å². The fourth-order valence-electron chi connectivity index (χ4n) is 3.06. The van der Waals surface area contributed by atoms with Gasteiger partial charge in [0.05, 0.1) is 12.7 Å². The van der Waals surface area contributed by atoms with Gasteiger partial charge in [-0.2, -0.15) is 0 Å². The molecule has 2 fully saturated rings. The average molecular weight is 273 g/mol. The molecule has 112 valence electrons. The third kappa shape index (κ3) is 4.16. The molecule has 0 radical (unpaired) electrons. The van der Waals surface area contributed by atoms with Crippen molar-refractivity contribution in [2.45, 2.75) is 51.7 Å². The lowest BCUT2D eigenvalue weighted by Crippen LogP contribution is -2.42. The maximum Gasteiger partial charge on any atom is 0.329 e. The summed E-state index contributed by atoms with van der Waals surface area (Å²) in [4.78, 5) is 12.9. The van der Waals surface area contributed by atoms with Crippen molar-refractivity contribution < 1.29 is 19.4 Å². The van der Waals surface area contributed by atoms with E-state index in [1.165, 1.54) is 6.42 Å². The van der Waals surface area contributed by atoms with Gasteiger partial charge < -0.3 is 14.6 Å². The molecule has 5 nitrogen and oxygen atoms in total. The van der Waals surface area contributed by atoms with Crippen LogP contribution in [0.4, 0.5) is 0 Å². The van der Waals surface area contributed by atoms with Crippen LogP contribution in [0.5, 0.6) is 0 Å². The highest BCUT2D eigenvalue weighted by molar-refractivity contribution is 5.68. The van der Waals surface area contributed by atoms with Crippen LogP contribution in [-0.4, -0.2) is 60.5 Å². The van der Waals surface area contributed by atoms with Gasteiger partial charge in [-0.3, -0.25) is 4.90 Å². The highest BCUT2D eigenvalue weighted by Crippen LogP contribution is 2.40. The zero-order valence-corrected chi connectivity index (χ0v) is 12.4. The summed E-state index contributed by atoms with van der Waals surface area (Å²) in [6, 6.07) is 0. The summed E-state index contributed by atoms with van der Waals surface area (Å²) in [5.41, 5.74) is 0.110. The van der Waals surface area contributed by atoms with Gasteiger partial charge in [0.1, 0.15) is 6.61 Å². The lowest BCUT2D eigenvalue weighted by Gasteiger charge is -2.31. The van der Waals surface area contributed by atoms with Crippen LogP contribution < -0.4 is 0 Å². The molecule has 2 heterocycles. The zero-order valence-electron chi connectivity index (χ0n) is 12.4. The molecule has 2 aliphatic rings. The fourth-order valence-corrected chi connectivity index (χ4v) is 3.06. The quantitative estimate of drug-likeness (QED) is 0.799. The number of carboxylic acid groups (broad SMARTS) is 1. The molecule has 2 rings (SSSR count). The summed E-state index contributed by atoms with van der Waals surface area (Å²) in [5, 5.41) is 8.62. The smallest absolute Gasteiger partial charge is 0.329 e. The molecule has 0 aromatic carbocycles. The summed E-state index contributed by atoms with van der Waals surface area (Å²) in [6.07, 6.45) is 3.30. The Bertz CT molecular complexity index is 285. The lowest BCUT2D eigenvalue weighted by molar-refractivity contribution is -0.144. The van der Waals surface area contributed by atoms with E-state index >= 15 is 0 Å². The zero-order chi connectivity index (χ0) is 14.3. The molecule has 2 atom stereocenters. The topological polar surface area (TPSA) is 59.0 Å². The molecule has 19 heavy (non-hydrogen) atoms. The number of carbonyl (C=O) groups is 1. The molecular weight excluding hydrogens is 246 g/mol. The summed E-state index contributed by atoms with van der Waals surface area (Å²) >= 11 is 0. The summed E-state index contributed by atoms with van der Waals surface area (Å²) in [5.74, 6) is -0.893. The average Bonchev–Trinajstić information content (AvgIpc) is 2.93. The number of ether oxygens (including phenoxy) is 2. The number of hydrogen-bond acceptors (Lipinski definition) is 4. The summed E-state index contributed by atoms with van der Waals surface area (Å²) in [7, 11) is 0. The van der Waals surface area contributed by atoms with Crippen molar-refractivity contribution in [3.8, 4) is 0 Å². The predicted octanol–water partition coefficient (Wildman–Crippen LogP) is 1.76. The Hall–Kier alpha value is -0.650. The first-order valence-electron chi connectivity index (χ1n) is 7.32. The van der Waals surface area contributed by atoms with E-state index in [1.54, 1.807) is 0 Å². The molecule has 0 amide bonds. The Morgan fingerprint density at radius 1 is 1.47 bits per heavy atom. The van der Waals surface area contributed by atoms with E-state index in [2.05, 4.69) is 4.90 Å². The van der Waals surface area contributed by atoms with Gasteiger partial charge in [-0.15, -0.1) is 0 Å². The molecule has 0 aromatic heterocycles. The van der Waals surface area contributed by atoms with Crippen LogP contribution in [0.2, 0.25) is 0 Å². The highest BCUT2D eigenvalue weighted by atomic mass is 16.5. The van der Waals surface area contributed by atoms with Crippen LogP contribution >= 0.6 is 0 Å². The van der Waals surface area contributed by atoms with Crippen LogP contribution in [-0.2, 0) is 14.3 Å². The Morgan fingerprint density at radius 3 is 2.84 bits per heavy atom. The Kier molecular flexibility index (Phi) is 6.75. The molecule has 0 aliphatic carbocycles. The van der Waals surface area contributed by atoms with Crippen molar-refractivity contribution in [3.63, 3.8) is 0 Å². The van der Waals surface area contributed by atoms with Crippen LogP contribution in [0.3, 0.4) is 0 Å². The molecule has 2 saturated heterocycles. The van der Waals surface area contributed by atoms with E-state index in [9.17, 15) is 4.79 Å². The van der Waals surface area contributed by atoms with E-state index in [0.29, 0.717) is 0 Å². The monoisotopic (exact) mass is 273 g/mol. The molecule has 1 N–H and O–H groups in total. The van der Waals surface area contributed by atoms with Gasteiger partial charge in [0.15, 0.2) is 0 Å². The first-order valence-corrected chi connectivity index (χ1v) is 7.32. The van der Waals surface area contributed by atoms with Gasteiger partial charge in [-0.05, 0) is 32.7 Å². The third-order valence-corrected chi connectivity index (χ3v) is 3.79. The predicted molar refractivity (Wildman–Crippen MR) is 73.4 cm³/mol. The van der Waals surface area contributed by atoms with Gasteiger partial charge >= 0.3 is 5.97 Å². The van der Waals surface area contributed by atoms with Crippen molar-refractivity contribution in [3.05, 3.63) is 0 Å². The standard InChI is InChI=1S/C12H21NO4.C2H6/c1-2-16-9-12-4-3-5-13(12)7-10(6-12)17-8-11(14)15;1-2/h10H,2-9H2,1H3,(H,14,15);1-2H3. The second-order valence-corrected chi connectivity index (χ2v) is 4.94. The minimum Gasteiger partial charge on any atom is -0.480 e. The molecule has 0 saturated carbocycles. The van der Waals surface area contributed by atoms with E-state index < -0.39 is 5.97 Å². The molecule has 0 bridgehead atoms. The second kappa shape index (κ2) is 7.82. The molecule has 2 unspecified atom stereocenters. The van der Waals surface area contributed by atoms with Crippen molar-refractivity contribution >= 4 is 5.97 Å². The minimum absolute atomic E-state index is 0.0480. The minimum atomic E-state index is -0.893. The Morgan fingerprint density at radius 2 is 2.21 bits per heavy atom. The largest absolute Gasteiger partial charge is 0.480 e. The van der Waals surface area contributed by atoms with Gasteiger partial charge in [0.2, 0.25) is 0 Å². The van der Waals surface area contributed by atoms with Gasteiger partial charge in [0.25, 0.3) is 0 Å². The highest BCUT2D eigenvalue weighted by Gasteiger charge is 2.48. The van der Waals surface area contributed by atoms with E-state index in [1.807, 2.05) is 20.8 Å². The third-order valence-electron chi connectivity index (χ3n) is 3.79. The fraction of sp³-hybridized carbons (Fsp3) is 0.929. The number of fused-ring (bicyclic) bond motifs is 1. The first kappa shape index (κ1) is 16.4. The lowest BCUT2D eigenvalue weighted by atomic mass is 9.94. The van der Waals surface area contributed by atoms with E-state index in [0.717, 1.165) is 39.1 Å². The molecule has 0 spiro atoms. The van der Waals surface area contributed by atoms with Crippen LogP contribution in [0.25, 0.3) is 0 Å². The second-order valence-electron chi connectivity index (χ2n) is 4.94. The molecule has 2 aliphatic heterocycles. The van der Waals surface area contributed by atoms with Crippen LogP contribution in [0.1, 0.15) is 40.0 Å². The summed E-state index contributed by atoms with van der Waals surface area (Å²) < 4.78 is 11.0. The maximum absolute atomic E-state index is 10.5. The SMILES string of the molecule is CC.CCOCC12CCCN1CC(OCC(=O)O)C2. The van der Waals surface area contributed by atoms with Crippen LogP contribution in [0, 0.1) is 0 Å².